The molecule has 0 saturated carbocycles. The van der Waals surface area contributed by atoms with Gasteiger partial charge < -0.3 is 20.4 Å². The summed E-state index contributed by atoms with van der Waals surface area (Å²) < 4.78 is 0. The molecule has 0 aliphatic carbocycles. The van der Waals surface area contributed by atoms with Crippen molar-refractivity contribution in [1.82, 2.24) is 10.9 Å². The molecule has 0 heterocycles. The molecule has 0 aromatic heterocycles. The Hall–Kier alpha value is -3.96. The molecule has 2 amide bonds. The van der Waals surface area contributed by atoms with Gasteiger partial charge in [0.15, 0.2) is 0 Å². The fourth-order valence-corrected chi connectivity index (χ4v) is 4.18. The summed E-state index contributed by atoms with van der Waals surface area (Å²) in [6.07, 6.45) is 2.52. The molecule has 15 heteroatoms. The van der Waals surface area contributed by atoms with E-state index in [0.29, 0.717) is 21.2 Å². The summed E-state index contributed by atoms with van der Waals surface area (Å²) in [5.41, 5.74) is 5.45. The van der Waals surface area contributed by atoms with Gasteiger partial charge in [0.2, 0.25) is 0 Å². The van der Waals surface area contributed by atoms with Gasteiger partial charge in [-0.05, 0) is 48.5 Å². The maximum absolute atomic E-state index is 11.8. The fraction of sp³-hybridized carbons (Fsp3) is 0. The van der Waals surface area contributed by atoms with Gasteiger partial charge in [0.05, 0.1) is 34.7 Å². The van der Waals surface area contributed by atoms with Crippen molar-refractivity contribution in [1.29, 1.82) is 0 Å². The van der Waals surface area contributed by atoms with E-state index < -0.39 is 11.8 Å². The van der Waals surface area contributed by atoms with Crippen LogP contribution in [-0.4, -0.2) is 44.7 Å². The van der Waals surface area contributed by atoms with Crippen LogP contribution in [-0.2, 0) is 17.1 Å². The Balaban J connectivity index is 0.000000293. The molecule has 4 aromatic carbocycles. The third-order valence-corrected chi connectivity index (χ3v) is 6.24. The van der Waals surface area contributed by atoms with Gasteiger partial charge in [-0.1, -0.05) is 70.7 Å². The number of hydrogen-bond donors (Lipinski definition) is 4. The summed E-state index contributed by atoms with van der Waals surface area (Å²) in [5.74, 6) is -1.30. The Kier molecular flexibility index (Phi) is 13.6. The molecule has 4 rings (SSSR count). The molecule has 0 unspecified atom stereocenters. The maximum Gasteiger partial charge on any atom is 2.00 e. The standard InChI is InChI=1S/2C14H10Cl2N2O3.Mn/c2*15-9-5-8(13(20)11(16)6-9)7-17-18-14(21)10-3-1-2-4-12(10)19;/h2*1-7,19-20H,(H,18,21);/q;;+2/p+2. The number of amides is 2. The Labute approximate surface area is 275 Å². The summed E-state index contributed by atoms with van der Waals surface area (Å²) in [7, 11) is 0. The van der Waals surface area contributed by atoms with Crippen molar-refractivity contribution in [2.75, 3.05) is 0 Å². The van der Waals surface area contributed by atoms with Crippen LogP contribution in [0.5, 0.6) is 23.0 Å². The second-order valence-corrected chi connectivity index (χ2v) is 9.82. The third kappa shape index (κ3) is 10.1. The van der Waals surface area contributed by atoms with E-state index >= 15 is 0 Å². The smallest absolute Gasteiger partial charge is 0.592 e. The Morgan fingerprint density at radius 3 is 1.35 bits per heavy atom. The number of rotatable bonds is 6. The van der Waals surface area contributed by atoms with Gasteiger partial charge >= 0.3 is 17.1 Å². The number of para-hydroxylation sites is 2. The quantitative estimate of drug-likeness (QED) is 0.0861. The first-order valence-corrected chi connectivity index (χ1v) is 13.1. The largest absolute Gasteiger partial charge is 2.00 e. The van der Waals surface area contributed by atoms with Crippen LogP contribution in [0.3, 0.4) is 0 Å². The number of aromatic hydroxyl groups is 2. The van der Waals surface area contributed by atoms with Gasteiger partial charge in [-0.2, -0.15) is 10.2 Å². The van der Waals surface area contributed by atoms with Crippen LogP contribution in [0.25, 0.3) is 0 Å². The third-order valence-electron chi connectivity index (χ3n) is 5.21. The molecule has 0 atom stereocenters. The minimum atomic E-state index is -0.566. The molecule has 221 valence electrons. The molecule has 43 heavy (non-hydrogen) atoms. The van der Waals surface area contributed by atoms with Crippen LogP contribution in [0.4, 0.5) is 0 Å². The van der Waals surface area contributed by atoms with Gasteiger partial charge in [0.25, 0.3) is 23.3 Å². The van der Waals surface area contributed by atoms with E-state index in [1.165, 1.54) is 61.0 Å². The van der Waals surface area contributed by atoms with Crippen LogP contribution in [0.2, 0.25) is 20.1 Å². The summed E-state index contributed by atoms with van der Waals surface area (Å²) in [6.45, 7) is 0. The first-order chi connectivity index (χ1) is 20.0. The van der Waals surface area contributed by atoms with Crippen molar-refractivity contribution in [2.45, 2.75) is 0 Å². The van der Waals surface area contributed by atoms with E-state index in [0.717, 1.165) is 0 Å². The van der Waals surface area contributed by atoms with Crippen molar-refractivity contribution in [3.05, 3.63) is 115 Å². The van der Waals surface area contributed by atoms with Gasteiger partial charge in [-0.25, -0.2) is 10.9 Å². The zero-order valence-corrected chi connectivity index (χ0v) is 25.8. The Morgan fingerprint density at radius 2 is 1.00 bits per heavy atom. The van der Waals surface area contributed by atoms with Crippen molar-refractivity contribution in [3.63, 3.8) is 0 Å². The first-order valence-electron chi connectivity index (χ1n) is 11.6. The van der Waals surface area contributed by atoms with E-state index in [1.54, 1.807) is 24.3 Å². The topological polar surface area (TPSA) is 169 Å². The number of hydrazone groups is 2. The van der Waals surface area contributed by atoms with Gasteiger partial charge in [-0.3, -0.25) is 9.59 Å². The molecule has 8 N–H and O–H groups in total. The second kappa shape index (κ2) is 16.6. The number of nitrogens with zero attached hydrogens (tertiary/aromatic N) is 2. The molecule has 4 aromatic rings. The van der Waals surface area contributed by atoms with Crippen LogP contribution in [0.15, 0.2) is 83.0 Å². The van der Waals surface area contributed by atoms with Crippen molar-refractivity contribution in [2.24, 2.45) is 10.2 Å². The average molecular weight is 707 g/mol. The van der Waals surface area contributed by atoms with Gasteiger partial charge in [0.1, 0.15) is 21.5 Å². The molecule has 0 aliphatic rings. The number of hydrogen-bond acceptors (Lipinski definition) is 6. The number of carbonyl (C=O) groups excluding carboxylic acids is 2. The molecule has 10 nitrogen and oxygen atoms in total. The van der Waals surface area contributed by atoms with E-state index in [-0.39, 0.29) is 61.2 Å². The molecule has 0 bridgehead atoms. The van der Waals surface area contributed by atoms with E-state index in [4.69, 9.17) is 56.6 Å². The Morgan fingerprint density at radius 1 is 0.651 bits per heavy atom. The van der Waals surface area contributed by atoms with Gasteiger partial charge in [-0.15, -0.1) is 0 Å². The molecule has 0 aliphatic heterocycles. The minimum absolute atomic E-state index is 0. The molecule has 0 fully saturated rings. The van der Waals surface area contributed by atoms with E-state index in [2.05, 4.69) is 21.1 Å². The molecule has 0 spiro atoms. The number of carbonyl (C=O) groups is 2. The van der Waals surface area contributed by atoms with Gasteiger partial charge in [0, 0.05) is 10.0 Å². The first kappa shape index (κ1) is 35.2. The molecule has 0 saturated heterocycles. The summed E-state index contributed by atoms with van der Waals surface area (Å²) in [6, 6.07) is 18.1. The second-order valence-electron chi connectivity index (χ2n) is 8.14. The normalized spacial score (nSPS) is 10.5. The Bertz CT molecular complexity index is 1560. The zero-order chi connectivity index (χ0) is 30.8. The SMILES string of the molecule is O=C(NN=Cc1cc(Cl)cc(Cl)c1[OH2+])c1ccccc1O.O=C(NN=Cc1cc(Cl)cc(Cl)c1[OH2+])c1ccccc1O.[Mn+2]. The predicted octanol–water partition coefficient (Wildman–Crippen LogP) is 5.80. The average Bonchev–Trinajstić information content (AvgIpc) is 2.94. The summed E-state index contributed by atoms with van der Waals surface area (Å²) >= 11 is 23.3. The summed E-state index contributed by atoms with van der Waals surface area (Å²) in [4.78, 5) is 23.6. The molecular formula is C28H22Cl4MnN4O6+4. The van der Waals surface area contributed by atoms with E-state index in [9.17, 15) is 19.8 Å². The molecule has 1 radical (unpaired) electrons. The molecular weight excluding hydrogens is 685 g/mol. The monoisotopic (exact) mass is 705 g/mol. The van der Waals surface area contributed by atoms with Crippen LogP contribution in [0, 0.1) is 0 Å². The predicted molar refractivity (Wildman–Crippen MR) is 165 cm³/mol. The zero-order valence-electron chi connectivity index (χ0n) is 21.6. The number of phenols is 2. The van der Waals surface area contributed by atoms with Crippen molar-refractivity contribution >= 4 is 70.6 Å². The van der Waals surface area contributed by atoms with Crippen LogP contribution >= 0.6 is 46.4 Å². The maximum atomic E-state index is 11.8. The van der Waals surface area contributed by atoms with E-state index in [1.807, 2.05) is 0 Å². The number of benzene rings is 4. The van der Waals surface area contributed by atoms with Crippen molar-refractivity contribution in [3.8, 4) is 23.0 Å². The number of phenolic OH excluding ortho intramolecular Hbond substituents is 2. The minimum Gasteiger partial charge on any atom is -0.592 e. The summed E-state index contributed by atoms with van der Waals surface area (Å²) in [5, 5.41) is 43.1. The number of halogens is 4. The van der Waals surface area contributed by atoms with Crippen molar-refractivity contribution < 1.29 is 47.1 Å². The number of nitrogens with one attached hydrogen (secondary N) is 2. The van der Waals surface area contributed by atoms with Crippen LogP contribution < -0.4 is 10.9 Å². The fourth-order valence-electron chi connectivity index (χ4n) is 3.16. The van der Waals surface area contributed by atoms with Crippen LogP contribution in [0.1, 0.15) is 31.8 Å².